The summed E-state index contributed by atoms with van der Waals surface area (Å²) in [6.45, 7) is 1.98. The Balaban J connectivity index is 2.23. The Labute approximate surface area is 120 Å². The maximum Gasteiger partial charge on any atom is 0.254 e. The Kier molecular flexibility index (Phi) is 4.71. The van der Waals surface area contributed by atoms with Gasteiger partial charge in [-0.15, -0.1) is 0 Å². The molecule has 0 radical (unpaired) electrons. The van der Waals surface area contributed by atoms with E-state index in [2.05, 4.69) is 0 Å². The molecule has 1 aromatic carbocycles. The molecule has 1 aliphatic heterocycles. The molecular formula is C13H17F2N3O3. The summed E-state index contributed by atoms with van der Waals surface area (Å²) in [4.78, 5) is 13.7. The van der Waals surface area contributed by atoms with E-state index in [-0.39, 0.29) is 31.4 Å². The van der Waals surface area contributed by atoms with Crippen molar-refractivity contribution >= 4 is 11.6 Å². The maximum absolute atomic E-state index is 13.6. The van der Waals surface area contributed by atoms with E-state index >= 15 is 0 Å². The summed E-state index contributed by atoms with van der Waals surface area (Å²) < 4.78 is 32.7. The minimum absolute atomic E-state index is 0.116. The van der Waals surface area contributed by atoms with E-state index < -0.39 is 29.3 Å². The van der Waals surface area contributed by atoms with E-state index in [4.69, 9.17) is 15.7 Å². The lowest BCUT2D eigenvalue weighted by atomic mass is 10.1. The maximum atomic E-state index is 13.6. The number of ether oxygens (including phenoxy) is 1. The molecule has 2 unspecified atom stereocenters. The molecule has 1 amide bonds. The number of anilines is 1. The van der Waals surface area contributed by atoms with Crippen LogP contribution in [0.5, 0.6) is 0 Å². The van der Waals surface area contributed by atoms with Crippen LogP contribution >= 0.6 is 0 Å². The number of hydrogen-bond acceptors (Lipinski definition) is 5. The van der Waals surface area contributed by atoms with E-state index in [1.54, 1.807) is 6.92 Å². The van der Waals surface area contributed by atoms with Gasteiger partial charge in [-0.05, 0) is 19.1 Å². The molecule has 1 heterocycles. The second kappa shape index (κ2) is 6.33. The molecule has 0 spiro atoms. The quantitative estimate of drug-likeness (QED) is 0.558. The molecule has 21 heavy (non-hydrogen) atoms. The van der Waals surface area contributed by atoms with Crippen molar-refractivity contribution in [1.29, 1.82) is 0 Å². The Hall–Kier alpha value is -1.77. The van der Waals surface area contributed by atoms with Crippen molar-refractivity contribution in [2.45, 2.75) is 19.1 Å². The molecule has 8 heteroatoms. The standard InChI is InChI=1S/C13H17F2N3O3/c1-7-4-18(5-9(6-19)21-7)13(20)8-2-10(14)12(17-16)11(15)3-8/h2-3,7,9,17,19H,4-6,16H2,1H3. The van der Waals surface area contributed by atoms with Gasteiger partial charge in [0.25, 0.3) is 5.91 Å². The summed E-state index contributed by atoms with van der Waals surface area (Å²) in [6, 6.07) is 1.85. The summed E-state index contributed by atoms with van der Waals surface area (Å²) in [7, 11) is 0. The summed E-state index contributed by atoms with van der Waals surface area (Å²) >= 11 is 0. The molecule has 1 aliphatic rings. The van der Waals surface area contributed by atoms with Gasteiger partial charge in [0.05, 0.1) is 18.8 Å². The smallest absolute Gasteiger partial charge is 0.254 e. The summed E-state index contributed by atoms with van der Waals surface area (Å²) in [5.41, 5.74) is 1.30. The van der Waals surface area contributed by atoms with Crippen molar-refractivity contribution in [3.05, 3.63) is 29.3 Å². The monoisotopic (exact) mass is 301 g/mol. The second-order valence-electron chi connectivity index (χ2n) is 4.92. The van der Waals surface area contributed by atoms with Gasteiger partial charge in [0.2, 0.25) is 0 Å². The zero-order valence-corrected chi connectivity index (χ0v) is 11.5. The highest BCUT2D eigenvalue weighted by Crippen LogP contribution is 2.22. The van der Waals surface area contributed by atoms with Gasteiger partial charge in [-0.2, -0.15) is 0 Å². The number of rotatable bonds is 3. The van der Waals surface area contributed by atoms with Crippen LogP contribution in [0.2, 0.25) is 0 Å². The Morgan fingerprint density at radius 3 is 2.62 bits per heavy atom. The van der Waals surface area contributed by atoms with E-state index in [0.29, 0.717) is 0 Å². The van der Waals surface area contributed by atoms with Gasteiger partial charge in [0, 0.05) is 18.7 Å². The van der Waals surface area contributed by atoms with E-state index in [1.807, 2.05) is 5.43 Å². The topological polar surface area (TPSA) is 87.8 Å². The Morgan fingerprint density at radius 1 is 1.48 bits per heavy atom. The van der Waals surface area contributed by atoms with E-state index in [0.717, 1.165) is 12.1 Å². The first-order chi connectivity index (χ1) is 9.96. The van der Waals surface area contributed by atoms with Crippen LogP contribution in [-0.4, -0.2) is 47.8 Å². The number of nitrogens with zero attached hydrogens (tertiary/aromatic N) is 1. The fourth-order valence-corrected chi connectivity index (χ4v) is 2.33. The molecule has 0 saturated carbocycles. The number of hydrogen-bond donors (Lipinski definition) is 3. The van der Waals surface area contributed by atoms with Crippen LogP contribution in [0.4, 0.5) is 14.5 Å². The fraction of sp³-hybridized carbons (Fsp3) is 0.462. The van der Waals surface area contributed by atoms with Crippen LogP contribution in [-0.2, 0) is 4.74 Å². The third-order valence-corrected chi connectivity index (χ3v) is 3.25. The number of aliphatic hydroxyl groups excluding tert-OH is 1. The molecule has 1 fully saturated rings. The highest BCUT2D eigenvalue weighted by molar-refractivity contribution is 5.94. The van der Waals surface area contributed by atoms with Crippen molar-refractivity contribution in [2.75, 3.05) is 25.1 Å². The largest absolute Gasteiger partial charge is 0.394 e. The normalized spacial score (nSPS) is 22.2. The molecule has 0 aliphatic carbocycles. The summed E-state index contributed by atoms with van der Waals surface area (Å²) in [5.74, 6) is 2.59. The first-order valence-corrected chi connectivity index (χ1v) is 6.47. The second-order valence-corrected chi connectivity index (χ2v) is 4.92. The summed E-state index contributed by atoms with van der Waals surface area (Å²) in [6.07, 6.45) is -0.767. The van der Waals surface area contributed by atoms with E-state index in [9.17, 15) is 13.6 Å². The number of morpholine rings is 1. The van der Waals surface area contributed by atoms with E-state index in [1.165, 1.54) is 4.90 Å². The van der Waals surface area contributed by atoms with Gasteiger partial charge < -0.3 is 20.2 Å². The number of amides is 1. The van der Waals surface area contributed by atoms with Gasteiger partial charge in [0.1, 0.15) is 5.69 Å². The number of nitrogens with two attached hydrogens (primary N) is 1. The molecule has 116 valence electrons. The van der Waals surface area contributed by atoms with Crippen LogP contribution in [0.25, 0.3) is 0 Å². The highest BCUT2D eigenvalue weighted by atomic mass is 19.1. The number of benzene rings is 1. The van der Waals surface area contributed by atoms with Gasteiger partial charge in [0.15, 0.2) is 11.6 Å². The molecule has 1 saturated heterocycles. The SMILES string of the molecule is CC1CN(C(=O)c2cc(F)c(NN)c(F)c2)CC(CO)O1. The fourth-order valence-electron chi connectivity index (χ4n) is 2.33. The lowest BCUT2D eigenvalue weighted by molar-refractivity contribution is -0.0858. The zero-order chi connectivity index (χ0) is 15.6. The molecular weight excluding hydrogens is 284 g/mol. The average molecular weight is 301 g/mol. The minimum Gasteiger partial charge on any atom is -0.394 e. The summed E-state index contributed by atoms with van der Waals surface area (Å²) in [5, 5.41) is 9.13. The molecule has 0 aromatic heterocycles. The Bertz CT molecular complexity index is 518. The number of aliphatic hydroxyl groups is 1. The van der Waals surface area contributed by atoms with Crippen LogP contribution in [0.1, 0.15) is 17.3 Å². The highest BCUT2D eigenvalue weighted by Gasteiger charge is 2.29. The molecule has 2 rings (SSSR count). The number of carbonyl (C=O) groups is 1. The zero-order valence-electron chi connectivity index (χ0n) is 11.5. The third kappa shape index (κ3) is 3.29. The first kappa shape index (κ1) is 15.6. The van der Waals surface area contributed by atoms with Gasteiger partial charge in [-0.1, -0.05) is 0 Å². The minimum atomic E-state index is -0.944. The number of nitrogens with one attached hydrogen (secondary N) is 1. The number of halogens is 2. The van der Waals surface area contributed by atoms with Crippen molar-refractivity contribution in [1.82, 2.24) is 4.90 Å². The molecule has 0 bridgehead atoms. The van der Waals surface area contributed by atoms with Gasteiger partial charge in [-0.25, -0.2) is 8.78 Å². The molecule has 1 aromatic rings. The van der Waals surface area contributed by atoms with Crippen LogP contribution in [0.3, 0.4) is 0 Å². The number of hydrazine groups is 1. The predicted octanol–water partition coefficient (Wildman–Crippen LogP) is 0.472. The van der Waals surface area contributed by atoms with Crippen LogP contribution < -0.4 is 11.3 Å². The molecule has 2 atom stereocenters. The van der Waals surface area contributed by atoms with Crippen molar-refractivity contribution < 1.29 is 23.4 Å². The predicted molar refractivity (Wildman–Crippen MR) is 71.5 cm³/mol. The third-order valence-electron chi connectivity index (χ3n) is 3.25. The van der Waals surface area contributed by atoms with Crippen LogP contribution in [0.15, 0.2) is 12.1 Å². The first-order valence-electron chi connectivity index (χ1n) is 6.47. The number of nitrogen functional groups attached to an aromatic ring is 1. The number of carbonyl (C=O) groups excluding carboxylic acids is 1. The molecule has 4 N–H and O–H groups in total. The average Bonchev–Trinajstić information content (AvgIpc) is 2.45. The van der Waals surface area contributed by atoms with Gasteiger partial charge >= 0.3 is 0 Å². The Morgan fingerprint density at radius 2 is 2.10 bits per heavy atom. The molecule has 6 nitrogen and oxygen atoms in total. The van der Waals surface area contributed by atoms with Crippen LogP contribution in [0, 0.1) is 11.6 Å². The van der Waals surface area contributed by atoms with Gasteiger partial charge in [-0.3, -0.25) is 10.6 Å². The lowest BCUT2D eigenvalue weighted by Crippen LogP contribution is -2.50. The van der Waals surface area contributed by atoms with Crippen molar-refractivity contribution in [2.24, 2.45) is 5.84 Å². The van der Waals surface area contributed by atoms with Crippen molar-refractivity contribution in [3.8, 4) is 0 Å². The lowest BCUT2D eigenvalue weighted by Gasteiger charge is -2.36. The van der Waals surface area contributed by atoms with Crippen molar-refractivity contribution in [3.63, 3.8) is 0 Å².